The van der Waals surface area contributed by atoms with Gasteiger partial charge in [-0.15, -0.1) is 0 Å². The first-order valence-electron chi connectivity index (χ1n) is 3.57. The smallest absolute Gasteiger partial charge is 0.245 e. The van der Waals surface area contributed by atoms with Gasteiger partial charge in [-0.3, -0.25) is 0 Å². The van der Waals surface area contributed by atoms with E-state index in [1.807, 2.05) is 0 Å². The van der Waals surface area contributed by atoms with E-state index in [0.717, 1.165) is 12.1 Å². The maximum absolute atomic E-state index is 12.9. The van der Waals surface area contributed by atoms with Crippen molar-refractivity contribution >= 4 is 10.8 Å². The Morgan fingerprint density at radius 3 is 2.36 bits per heavy atom. The molecule has 0 aliphatic rings. The number of aryl methyl sites for hydroxylation is 1. The standard InChI is InChI=1S/C8H6F4OS/c1-5-2-3-6(9)7(4-5)14(13)8(10,11)12/h2-4H,1H3. The zero-order valence-corrected chi connectivity index (χ0v) is 7.88. The normalized spacial score (nSPS) is 14.1. The molecule has 1 nitrogen and oxygen atoms in total. The molecule has 0 spiro atoms. The van der Waals surface area contributed by atoms with Crippen LogP contribution in [0.4, 0.5) is 17.6 Å². The highest BCUT2D eigenvalue weighted by molar-refractivity contribution is 7.86. The monoisotopic (exact) mass is 226 g/mol. The van der Waals surface area contributed by atoms with Crippen LogP contribution in [0.2, 0.25) is 0 Å². The fraction of sp³-hybridized carbons (Fsp3) is 0.250. The van der Waals surface area contributed by atoms with Gasteiger partial charge in [-0.2, -0.15) is 13.2 Å². The largest absolute Gasteiger partial charge is 0.475 e. The highest BCUT2D eigenvalue weighted by Crippen LogP contribution is 2.28. The molecule has 0 N–H and O–H groups in total. The summed E-state index contributed by atoms with van der Waals surface area (Å²) in [4.78, 5) is -0.822. The third-order valence-corrected chi connectivity index (χ3v) is 2.63. The van der Waals surface area contributed by atoms with E-state index in [1.54, 1.807) is 0 Å². The van der Waals surface area contributed by atoms with Gasteiger partial charge in [-0.05, 0) is 24.6 Å². The lowest BCUT2D eigenvalue weighted by atomic mass is 10.2. The summed E-state index contributed by atoms with van der Waals surface area (Å²) in [6.07, 6.45) is 0. The molecule has 14 heavy (non-hydrogen) atoms. The van der Waals surface area contributed by atoms with Crippen molar-refractivity contribution in [3.8, 4) is 0 Å². The minimum atomic E-state index is -4.92. The second kappa shape index (κ2) is 3.68. The molecule has 0 amide bonds. The molecule has 1 unspecified atom stereocenters. The summed E-state index contributed by atoms with van der Waals surface area (Å²) in [7, 11) is -3.30. The van der Waals surface area contributed by atoms with Gasteiger partial charge >= 0.3 is 5.51 Å². The molecule has 1 atom stereocenters. The fourth-order valence-corrected chi connectivity index (χ4v) is 1.66. The first kappa shape index (κ1) is 11.2. The van der Waals surface area contributed by atoms with Crippen LogP contribution in [0.25, 0.3) is 0 Å². The number of alkyl halides is 3. The van der Waals surface area contributed by atoms with Crippen molar-refractivity contribution in [2.24, 2.45) is 0 Å². The second-order valence-corrected chi connectivity index (χ2v) is 4.09. The van der Waals surface area contributed by atoms with Gasteiger partial charge in [0.2, 0.25) is 0 Å². The molecule has 1 aromatic carbocycles. The SMILES string of the molecule is Cc1ccc(F)c(S(=O)C(F)(F)F)c1. The topological polar surface area (TPSA) is 17.1 Å². The van der Waals surface area contributed by atoms with E-state index in [0.29, 0.717) is 5.56 Å². The first-order chi connectivity index (χ1) is 6.32. The summed E-state index contributed by atoms with van der Waals surface area (Å²) < 4.78 is 59.6. The average molecular weight is 226 g/mol. The molecule has 0 aliphatic heterocycles. The average Bonchev–Trinajstić information content (AvgIpc) is 2.06. The van der Waals surface area contributed by atoms with Gasteiger partial charge in [0, 0.05) is 0 Å². The maximum atomic E-state index is 12.9. The lowest BCUT2D eigenvalue weighted by Gasteiger charge is -2.07. The summed E-state index contributed by atoms with van der Waals surface area (Å²) in [6, 6.07) is 3.11. The molecule has 0 saturated heterocycles. The second-order valence-electron chi connectivity index (χ2n) is 2.65. The Labute approximate surface area is 80.2 Å². The Morgan fingerprint density at radius 2 is 1.86 bits per heavy atom. The number of benzene rings is 1. The summed E-state index contributed by atoms with van der Waals surface area (Å²) in [5.74, 6) is -1.11. The minimum absolute atomic E-state index is 0.430. The number of hydrogen-bond donors (Lipinski definition) is 0. The molecule has 0 fully saturated rings. The van der Waals surface area contributed by atoms with Gasteiger partial charge < -0.3 is 0 Å². The molecule has 0 heterocycles. The van der Waals surface area contributed by atoms with Crippen molar-refractivity contribution in [1.82, 2.24) is 0 Å². The Kier molecular flexibility index (Phi) is 2.94. The summed E-state index contributed by atoms with van der Waals surface area (Å²) in [5.41, 5.74) is -4.49. The van der Waals surface area contributed by atoms with Gasteiger partial charge in [-0.25, -0.2) is 8.60 Å². The maximum Gasteiger partial charge on any atom is 0.475 e. The van der Waals surface area contributed by atoms with Gasteiger partial charge in [0.1, 0.15) is 5.82 Å². The first-order valence-corrected chi connectivity index (χ1v) is 4.72. The van der Waals surface area contributed by atoms with Crippen LogP contribution in [-0.2, 0) is 10.8 Å². The molecular formula is C8H6F4OS. The Balaban J connectivity index is 3.19. The van der Waals surface area contributed by atoms with Crippen LogP contribution >= 0.6 is 0 Å². The molecule has 78 valence electrons. The number of hydrogen-bond acceptors (Lipinski definition) is 1. The fourth-order valence-electron chi connectivity index (χ4n) is 0.877. The molecular weight excluding hydrogens is 220 g/mol. The van der Waals surface area contributed by atoms with Crippen LogP contribution in [0.5, 0.6) is 0 Å². The van der Waals surface area contributed by atoms with Crippen LogP contribution in [0, 0.1) is 12.7 Å². The van der Waals surface area contributed by atoms with E-state index in [4.69, 9.17) is 0 Å². The van der Waals surface area contributed by atoms with E-state index in [1.165, 1.54) is 13.0 Å². The van der Waals surface area contributed by atoms with E-state index in [-0.39, 0.29) is 0 Å². The van der Waals surface area contributed by atoms with E-state index in [9.17, 15) is 21.8 Å². The van der Waals surface area contributed by atoms with Crippen molar-refractivity contribution in [3.05, 3.63) is 29.6 Å². The Morgan fingerprint density at radius 1 is 1.29 bits per heavy atom. The molecule has 0 aromatic heterocycles. The summed E-state index contributed by atoms with van der Waals surface area (Å²) in [5, 5.41) is 0. The molecule has 6 heteroatoms. The predicted octanol–water partition coefficient (Wildman–Crippen LogP) is 2.76. The molecule has 0 saturated carbocycles. The molecule has 0 bridgehead atoms. The molecule has 1 aromatic rings. The zero-order valence-electron chi connectivity index (χ0n) is 7.06. The Hall–Kier alpha value is -0.910. The van der Waals surface area contributed by atoms with Crippen molar-refractivity contribution in [2.45, 2.75) is 17.3 Å². The van der Waals surface area contributed by atoms with Gasteiger partial charge in [0.05, 0.1) is 4.90 Å². The summed E-state index contributed by atoms with van der Waals surface area (Å²) >= 11 is 0. The van der Waals surface area contributed by atoms with Gasteiger partial charge in [-0.1, -0.05) is 6.07 Å². The van der Waals surface area contributed by atoms with Gasteiger partial charge in [0.15, 0.2) is 10.8 Å². The lowest BCUT2D eigenvalue weighted by molar-refractivity contribution is -0.0386. The van der Waals surface area contributed by atoms with Crippen LogP contribution in [0.15, 0.2) is 23.1 Å². The molecule has 1 rings (SSSR count). The molecule has 0 aliphatic carbocycles. The lowest BCUT2D eigenvalue weighted by Crippen LogP contribution is -2.17. The van der Waals surface area contributed by atoms with Crippen LogP contribution < -0.4 is 0 Å². The minimum Gasteiger partial charge on any atom is -0.245 e. The van der Waals surface area contributed by atoms with Crippen molar-refractivity contribution in [3.63, 3.8) is 0 Å². The van der Waals surface area contributed by atoms with Gasteiger partial charge in [0.25, 0.3) is 0 Å². The van der Waals surface area contributed by atoms with Crippen LogP contribution in [0.1, 0.15) is 5.56 Å². The van der Waals surface area contributed by atoms with Crippen molar-refractivity contribution < 1.29 is 21.8 Å². The van der Waals surface area contributed by atoms with E-state index in [2.05, 4.69) is 0 Å². The van der Waals surface area contributed by atoms with E-state index < -0.39 is 27.0 Å². The highest BCUT2D eigenvalue weighted by atomic mass is 32.2. The third kappa shape index (κ3) is 2.31. The Bertz CT molecular complexity index is 372. The van der Waals surface area contributed by atoms with Crippen molar-refractivity contribution in [1.29, 1.82) is 0 Å². The third-order valence-electron chi connectivity index (χ3n) is 1.50. The zero-order chi connectivity index (χ0) is 10.9. The predicted molar refractivity (Wildman–Crippen MR) is 43.6 cm³/mol. The van der Waals surface area contributed by atoms with Crippen LogP contribution in [0.3, 0.4) is 0 Å². The molecule has 0 radical (unpaired) electrons. The number of halogens is 4. The van der Waals surface area contributed by atoms with Crippen molar-refractivity contribution in [2.75, 3.05) is 0 Å². The van der Waals surface area contributed by atoms with E-state index >= 15 is 0 Å². The highest BCUT2D eigenvalue weighted by Gasteiger charge is 2.39. The quantitative estimate of drug-likeness (QED) is 0.673. The number of rotatable bonds is 1. The van der Waals surface area contributed by atoms with Crippen LogP contribution in [-0.4, -0.2) is 9.72 Å². The summed E-state index contributed by atoms with van der Waals surface area (Å²) in [6.45, 7) is 1.50.